The standard InChI is InChI=1S/C25H28BrN3O3/c1-4-5-16-6-7-17-8-10-19-22(12-15(2)24(30)25(19,3)20(17)13-16)28-27-21-11-9-18(26)14-23(21)29(31)32/h8-12,14,16,20,27H,4-7,13H2,1-3H3/b28-22-/t16-,20-,25+/m0/s1. The zero-order valence-corrected chi connectivity index (χ0v) is 20.2. The number of hydrogen-bond donors (Lipinski definition) is 1. The lowest BCUT2D eigenvalue weighted by molar-refractivity contribution is -0.384. The minimum Gasteiger partial charge on any atom is -0.294 e. The van der Waals surface area contributed by atoms with E-state index in [0.29, 0.717) is 27.4 Å². The van der Waals surface area contributed by atoms with Crippen molar-refractivity contribution < 1.29 is 9.72 Å². The van der Waals surface area contributed by atoms with Crippen LogP contribution in [0.15, 0.2) is 62.7 Å². The van der Waals surface area contributed by atoms with Gasteiger partial charge in [0.05, 0.1) is 16.0 Å². The Morgan fingerprint density at radius 2 is 2.12 bits per heavy atom. The molecule has 1 fully saturated rings. The number of carbonyl (C=O) groups is 1. The second-order valence-electron chi connectivity index (χ2n) is 9.19. The highest BCUT2D eigenvalue weighted by molar-refractivity contribution is 9.10. The first-order chi connectivity index (χ1) is 15.3. The van der Waals surface area contributed by atoms with Crippen LogP contribution in [0.2, 0.25) is 0 Å². The van der Waals surface area contributed by atoms with Gasteiger partial charge in [-0.3, -0.25) is 20.3 Å². The summed E-state index contributed by atoms with van der Waals surface area (Å²) in [6, 6.07) is 4.80. The summed E-state index contributed by atoms with van der Waals surface area (Å²) in [5.41, 5.74) is 6.08. The second kappa shape index (κ2) is 8.77. The molecule has 0 heterocycles. The molecular weight excluding hydrogens is 470 g/mol. The highest BCUT2D eigenvalue weighted by Crippen LogP contribution is 2.54. The van der Waals surface area contributed by atoms with Crippen molar-refractivity contribution in [1.82, 2.24) is 0 Å². The quantitative estimate of drug-likeness (QED) is 0.360. The van der Waals surface area contributed by atoms with E-state index in [1.54, 1.807) is 18.2 Å². The van der Waals surface area contributed by atoms with E-state index in [4.69, 9.17) is 0 Å². The van der Waals surface area contributed by atoms with Crippen LogP contribution < -0.4 is 5.43 Å². The van der Waals surface area contributed by atoms with Gasteiger partial charge in [-0.1, -0.05) is 53.4 Å². The number of carbonyl (C=O) groups excluding carboxylic acids is 1. The van der Waals surface area contributed by atoms with Crippen LogP contribution in [0.5, 0.6) is 0 Å². The van der Waals surface area contributed by atoms with Gasteiger partial charge in [0.25, 0.3) is 5.69 Å². The molecule has 0 bridgehead atoms. The summed E-state index contributed by atoms with van der Waals surface area (Å²) < 4.78 is 0.626. The predicted octanol–water partition coefficient (Wildman–Crippen LogP) is 6.74. The average Bonchev–Trinajstić information content (AvgIpc) is 2.76. The lowest BCUT2D eigenvalue weighted by atomic mass is 9.54. The molecule has 3 atom stereocenters. The Kier molecular flexibility index (Phi) is 6.21. The molecule has 3 aliphatic rings. The molecule has 0 radical (unpaired) electrons. The van der Waals surface area contributed by atoms with Gasteiger partial charge in [-0.05, 0) is 74.3 Å². The number of rotatable bonds is 5. The molecule has 0 aliphatic heterocycles. The molecule has 3 aliphatic carbocycles. The van der Waals surface area contributed by atoms with Crippen molar-refractivity contribution >= 4 is 38.8 Å². The molecular formula is C25H28BrN3O3. The zero-order chi connectivity index (χ0) is 23.0. The number of nitrogens with zero attached hydrogens (tertiary/aromatic N) is 2. The van der Waals surface area contributed by atoms with Crippen molar-refractivity contribution in [2.45, 2.75) is 52.9 Å². The Hall–Kier alpha value is -2.54. The van der Waals surface area contributed by atoms with Crippen LogP contribution >= 0.6 is 15.9 Å². The third kappa shape index (κ3) is 3.87. The molecule has 1 N–H and O–H groups in total. The van der Waals surface area contributed by atoms with Gasteiger partial charge >= 0.3 is 0 Å². The minimum atomic E-state index is -0.651. The van der Waals surface area contributed by atoms with E-state index in [1.165, 1.54) is 24.5 Å². The van der Waals surface area contributed by atoms with E-state index in [9.17, 15) is 14.9 Å². The molecule has 1 aromatic carbocycles. The largest absolute Gasteiger partial charge is 0.295 e. The van der Waals surface area contributed by atoms with Crippen LogP contribution in [-0.4, -0.2) is 16.4 Å². The summed E-state index contributed by atoms with van der Waals surface area (Å²) in [6.07, 6.45) is 11.6. The van der Waals surface area contributed by atoms with Gasteiger partial charge in [0.1, 0.15) is 5.69 Å². The van der Waals surface area contributed by atoms with Crippen molar-refractivity contribution in [1.29, 1.82) is 0 Å². The molecule has 6 nitrogen and oxygen atoms in total. The lowest BCUT2D eigenvalue weighted by Gasteiger charge is -2.47. The van der Waals surface area contributed by atoms with Crippen molar-refractivity contribution in [3.63, 3.8) is 0 Å². The summed E-state index contributed by atoms with van der Waals surface area (Å²) in [5.74, 6) is 0.975. The summed E-state index contributed by atoms with van der Waals surface area (Å²) >= 11 is 3.28. The smallest absolute Gasteiger partial charge is 0.294 e. The molecule has 0 unspecified atom stereocenters. The first-order valence-electron chi connectivity index (χ1n) is 11.2. The maximum atomic E-state index is 13.5. The summed E-state index contributed by atoms with van der Waals surface area (Å²) in [4.78, 5) is 24.5. The number of hydrogen-bond acceptors (Lipinski definition) is 5. The van der Waals surface area contributed by atoms with E-state index in [1.807, 2.05) is 13.0 Å². The number of anilines is 1. The molecule has 0 spiro atoms. The number of allylic oxidation sites excluding steroid dienone is 6. The molecule has 4 rings (SSSR count). The highest BCUT2D eigenvalue weighted by Gasteiger charge is 2.51. The third-order valence-electron chi connectivity index (χ3n) is 7.19. The second-order valence-corrected chi connectivity index (χ2v) is 10.1. The van der Waals surface area contributed by atoms with Crippen LogP contribution in [0.1, 0.15) is 52.9 Å². The minimum absolute atomic E-state index is 0.0615. The summed E-state index contributed by atoms with van der Waals surface area (Å²) in [6.45, 7) is 6.11. The maximum Gasteiger partial charge on any atom is 0.295 e. The molecule has 168 valence electrons. The average molecular weight is 498 g/mol. The number of halogens is 1. The molecule has 1 aromatic rings. The van der Waals surface area contributed by atoms with E-state index < -0.39 is 10.3 Å². The predicted molar refractivity (Wildman–Crippen MR) is 131 cm³/mol. The Bertz CT molecular complexity index is 1100. The van der Waals surface area contributed by atoms with Gasteiger partial charge in [0.2, 0.25) is 0 Å². The zero-order valence-electron chi connectivity index (χ0n) is 18.7. The Balaban J connectivity index is 1.73. The monoisotopic (exact) mass is 497 g/mol. The van der Waals surface area contributed by atoms with Gasteiger partial charge in [-0.25, -0.2) is 0 Å². The normalized spacial score (nSPS) is 28.3. The molecule has 7 heteroatoms. The third-order valence-corrected chi connectivity index (χ3v) is 7.68. The van der Waals surface area contributed by atoms with Crippen LogP contribution in [0.3, 0.4) is 0 Å². The number of Topliss-reactive ketones (excluding diaryl/α,β-unsaturated/α-hetero) is 1. The first-order valence-corrected chi connectivity index (χ1v) is 12.0. The van der Waals surface area contributed by atoms with Gasteiger partial charge in [-0.2, -0.15) is 5.10 Å². The number of benzene rings is 1. The number of nitro groups is 1. The fraction of sp³-hybridized carbons (Fsp3) is 0.440. The molecule has 0 saturated heterocycles. The first kappa shape index (κ1) is 22.6. The number of nitrogens with one attached hydrogen (secondary N) is 1. The maximum absolute atomic E-state index is 13.5. The van der Waals surface area contributed by atoms with Crippen LogP contribution in [0.4, 0.5) is 11.4 Å². The topological polar surface area (TPSA) is 84.6 Å². The van der Waals surface area contributed by atoms with Crippen molar-refractivity contribution in [3.8, 4) is 0 Å². The fourth-order valence-corrected chi connectivity index (χ4v) is 5.88. The molecule has 1 saturated carbocycles. The van der Waals surface area contributed by atoms with Gasteiger partial charge < -0.3 is 0 Å². The number of hydrazone groups is 1. The number of nitro benzene ring substituents is 1. The Labute approximate surface area is 196 Å². The van der Waals surface area contributed by atoms with Crippen LogP contribution in [0, 0.1) is 27.4 Å². The Morgan fingerprint density at radius 3 is 2.84 bits per heavy atom. The van der Waals surface area contributed by atoms with E-state index in [0.717, 1.165) is 24.8 Å². The Morgan fingerprint density at radius 1 is 1.34 bits per heavy atom. The number of fused-ring (bicyclic) bond motifs is 3. The van der Waals surface area contributed by atoms with E-state index in [2.05, 4.69) is 46.4 Å². The summed E-state index contributed by atoms with van der Waals surface area (Å²) in [5, 5.41) is 16.0. The van der Waals surface area contributed by atoms with E-state index >= 15 is 0 Å². The van der Waals surface area contributed by atoms with Crippen molar-refractivity contribution in [2.24, 2.45) is 22.4 Å². The molecule has 0 aromatic heterocycles. The number of ketones is 1. The highest BCUT2D eigenvalue weighted by atomic mass is 79.9. The van der Waals surface area contributed by atoms with Gasteiger partial charge in [-0.15, -0.1) is 0 Å². The fourth-order valence-electron chi connectivity index (χ4n) is 5.53. The van der Waals surface area contributed by atoms with Gasteiger partial charge in [0.15, 0.2) is 5.78 Å². The van der Waals surface area contributed by atoms with Crippen molar-refractivity contribution in [3.05, 3.63) is 67.7 Å². The lowest BCUT2D eigenvalue weighted by Crippen LogP contribution is -2.47. The SMILES string of the molecule is CCC[C@H]1CCC2=CC=C3/C(=N\Nc4ccc(Br)cc4[N+](=O)[O-])C=C(C)C(=O)[C@@]3(C)[C@H]2C1. The molecule has 0 amide bonds. The van der Waals surface area contributed by atoms with Crippen molar-refractivity contribution in [2.75, 3.05) is 5.43 Å². The van der Waals surface area contributed by atoms with E-state index in [-0.39, 0.29) is 17.4 Å². The van der Waals surface area contributed by atoms with Crippen LogP contribution in [0.25, 0.3) is 0 Å². The summed E-state index contributed by atoms with van der Waals surface area (Å²) in [7, 11) is 0. The molecule has 32 heavy (non-hydrogen) atoms. The van der Waals surface area contributed by atoms with Crippen LogP contribution in [-0.2, 0) is 4.79 Å². The van der Waals surface area contributed by atoms with Gasteiger partial charge in [0, 0.05) is 10.5 Å².